The molecular formula is C16H16FN5O2S. The van der Waals surface area contributed by atoms with Crippen molar-refractivity contribution in [1.82, 2.24) is 19.7 Å². The van der Waals surface area contributed by atoms with E-state index in [1.54, 1.807) is 25.2 Å². The minimum absolute atomic E-state index is 0.228. The Balaban J connectivity index is 1.63. The van der Waals surface area contributed by atoms with E-state index in [1.807, 2.05) is 11.4 Å². The monoisotopic (exact) mass is 361 g/mol. The minimum Gasteiger partial charge on any atom is -0.336 e. The molecular weight excluding hydrogens is 345 g/mol. The molecule has 2 aromatic heterocycles. The van der Waals surface area contributed by atoms with Crippen LogP contribution in [0.1, 0.15) is 0 Å². The summed E-state index contributed by atoms with van der Waals surface area (Å²) in [6.07, 6.45) is 0. The molecule has 0 bridgehead atoms. The van der Waals surface area contributed by atoms with Gasteiger partial charge in [-0.05, 0) is 41.8 Å². The quantitative estimate of drug-likeness (QED) is 0.731. The van der Waals surface area contributed by atoms with Crippen LogP contribution in [0.4, 0.5) is 14.2 Å². The second-order valence-electron chi connectivity index (χ2n) is 5.25. The molecule has 1 aromatic carbocycles. The van der Waals surface area contributed by atoms with Crippen LogP contribution in [0.15, 0.2) is 46.6 Å². The lowest BCUT2D eigenvalue weighted by Crippen LogP contribution is -2.34. The average molecular weight is 361 g/mol. The van der Waals surface area contributed by atoms with E-state index >= 15 is 0 Å². The van der Waals surface area contributed by atoms with Crippen LogP contribution in [0.5, 0.6) is 0 Å². The van der Waals surface area contributed by atoms with Crippen molar-refractivity contribution in [2.45, 2.75) is 6.54 Å². The van der Waals surface area contributed by atoms with Crippen molar-refractivity contribution in [2.75, 3.05) is 11.9 Å². The zero-order valence-corrected chi connectivity index (χ0v) is 14.2. The van der Waals surface area contributed by atoms with Crippen LogP contribution in [-0.4, -0.2) is 26.9 Å². The molecule has 0 unspecified atom stereocenters. The topological polar surface area (TPSA) is 81.0 Å². The molecule has 0 spiro atoms. The third-order valence-corrected chi connectivity index (χ3v) is 4.30. The number of urea groups is 1. The molecule has 2 heterocycles. The number of anilines is 1. The fourth-order valence-corrected chi connectivity index (χ4v) is 2.88. The number of hydrogen-bond donors (Lipinski definition) is 2. The largest absolute Gasteiger partial charge is 0.345 e. The molecule has 25 heavy (non-hydrogen) atoms. The van der Waals surface area contributed by atoms with Gasteiger partial charge >= 0.3 is 11.7 Å². The summed E-state index contributed by atoms with van der Waals surface area (Å²) in [5, 5.41) is 12.2. The Hall–Kier alpha value is -2.94. The van der Waals surface area contributed by atoms with Crippen molar-refractivity contribution in [3.63, 3.8) is 0 Å². The number of halogens is 1. The van der Waals surface area contributed by atoms with Crippen LogP contribution in [0.3, 0.4) is 0 Å². The number of hydrogen-bond acceptors (Lipinski definition) is 4. The van der Waals surface area contributed by atoms with Crippen molar-refractivity contribution < 1.29 is 9.18 Å². The predicted molar refractivity (Wildman–Crippen MR) is 94.2 cm³/mol. The van der Waals surface area contributed by atoms with E-state index in [-0.39, 0.29) is 30.6 Å². The number of nitrogens with one attached hydrogen (secondary N) is 2. The number of carbonyl (C=O) groups is 1. The predicted octanol–water partition coefficient (Wildman–Crippen LogP) is 2.27. The molecule has 0 radical (unpaired) electrons. The molecule has 7 nitrogen and oxygen atoms in total. The molecule has 0 aliphatic carbocycles. The van der Waals surface area contributed by atoms with Gasteiger partial charge in [0, 0.05) is 19.2 Å². The fourth-order valence-electron chi connectivity index (χ4n) is 2.27. The zero-order valence-electron chi connectivity index (χ0n) is 13.4. The molecule has 3 rings (SSSR count). The Morgan fingerprint density at radius 1 is 1.28 bits per heavy atom. The summed E-state index contributed by atoms with van der Waals surface area (Å²) in [7, 11) is 1.60. The maximum absolute atomic E-state index is 13.0. The standard InChI is InChI=1S/C16H16FN5O2S/c1-21-14(11-4-6-12(17)7-5-11)20-22(16(21)24)9-8-18-15(23)19-13-3-2-10-25-13/h2-7,10H,8-9H2,1H3,(H2,18,19,23). The van der Waals surface area contributed by atoms with E-state index in [4.69, 9.17) is 0 Å². The molecule has 0 aliphatic rings. The van der Waals surface area contributed by atoms with E-state index in [2.05, 4.69) is 15.7 Å². The summed E-state index contributed by atoms with van der Waals surface area (Å²) in [4.78, 5) is 24.0. The Kier molecular flexibility index (Phi) is 4.94. The van der Waals surface area contributed by atoms with Gasteiger partial charge in [0.05, 0.1) is 11.5 Å². The summed E-state index contributed by atoms with van der Waals surface area (Å²) in [5.74, 6) is 0.0853. The van der Waals surface area contributed by atoms with Crippen molar-refractivity contribution in [1.29, 1.82) is 0 Å². The van der Waals surface area contributed by atoms with Gasteiger partial charge in [-0.15, -0.1) is 16.4 Å². The SMILES string of the molecule is Cn1c(-c2ccc(F)cc2)nn(CCNC(=O)Nc2cccs2)c1=O. The van der Waals surface area contributed by atoms with Crippen LogP contribution in [0, 0.1) is 5.82 Å². The van der Waals surface area contributed by atoms with Crippen LogP contribution in [-0.2, 0) is 13.6 Å². The normalized spacial score (nSPS) is 10.6. The van der Waals surface area contributed by atoms with Gasteiger partial charge in [0.25, 0.3) is 0 Å². The molecule has 0 saturated heterocycles. The molecule has 0 fully saturated rings. The van der Waals surface area contributed by atoms with Gasteiger partial charge in [-0.25, -0.2) is 18.7 Å². The van der Waals surface area contributed by atoms with Gasteiger partial charge in [0.1, 0.15) is 5.82 Å². The number of aromatic nitrogens is 3. The average Bonchev–Trinajstić information content (AvgIpc) is 3.19. The van der Waals surface area contributed by atoms with Gasteiger partial charge in [-0.2, -0.15) is 0 Å². The minimum atomic E-state index is -0.353. The highest BCUT2D eigenvalue weighted by atomic mass is 32.1. The second kappa shape index (κ2) is 7.31. The number of benzene rings is 1. The molecule has 0 aliphatic heterocycles. The summed E-state index contributed by atoms with van der Waals surface area (Å²) >= 11 is 1.42. The van der Waals surface area contributed by atoms with E-state index < -0.39 is 0 Å². The smallest absolute Gasteiger partial charge is 0.336 e. The first-order valence-corrected chi connectivity index (χ1v) is 8.40. The number of amides is 2. The molecule has 9 heteroatoms. The maximum Gasteiger partial charge on any atom is 0.345 e. The Morgan fingerprint density at radius 3 is 2.72 bits per heavy atom. The lowest BCUT2D eigenvalue weighted by molar-refractivity contribution is 0.251. The van der Waals surface area contributed by atoms with Crippen LogP contribution in [0.25, 0.3) is 11.4 Å². The van der Waals surface area contributed by atoms with Crippen molar-refractivity contribution in [3.8, 4) is 11.4 Å². The molecule has 0 saturated carbocycles. The maximum atomic E-state index is 13.0. The fraction of sp³-hybridized carbons (Fsp3) is 0.188. The Morgan fingerprint density at radius 2 is 2.04 bits per heavy atom. The van der Waals surface area contributed by atoms with Crippen molar-refractivity contribution in [2.24, 2.45) is 7.05 Å². The summed E-state index contributed by atoms with van der Waals surface area (Å²) < 4.78 is 15.7. The number of thiophene rings is 1. The van der Waals surface area contributed by atoms with E-state index in [0.717, 1.165) is 5.00 Å². The van der Waals surface area contributed by atoms with Crippen molar-refractivity contribution >= 4 is 22.4 Å². The van der Waals surface area contributed by atoms with Gasteiger partial charge in [-0.3, -0.25) is 9.88 Å². The molecule has 130 valence electrons. The highest BCUT2D eigenvalue weighted by molar-refractivity contribution is 7.14. The second-order valence-corrected chi connectivity index (χ2v) is 6.20. The van der Waals surface area contributed by atoms with E-state index in [1.165, 1.54) is 32.7 Å². The van der Waals surface area contributed by atoms with Gasteiger partial charge in [0.2, 0.25) is 0 Å². The first kappa shape index (κ1) is 16.9. The first-order chi connectivity index (χ1) is 12.0. The summed E-state index contributed by atoms with van der Waals surface area (Å²) in [5.41, 5.74) is 0.336. The first-order valence-electron chi connectivity index (χ1n) is 7.53. The third kappa shape index (κ3) is 3.94. The highest BCUT2D eigenvalue weighted by Gasteiger charge is 2.12. The number of nitrogens with zero attached hydrogens (tertiary/aromatic N) is 3. The number of rotatable bonds is 5. The lowest BCUT2D eigenvalue weighted by atomic mass is 10.2. The summed E-state index contributed by atoms with van der Waals surface area (Å²) in [6.45, 7) is 0.475. The van der Waals surface area contributed by atoms with Crippen molar-refractivity contribution in [3.05, 3.63) is 58.1 Å². The Labute approximate surface area is 146 Å². The third-order valence-electron chi connectivity index (χ3n) is 3.51. The van der Waals surface area contributed by atoms with Crippen LogP contribution >= 0.6 is 11.3 Å². The molecule has 3 aromatic rings. The lowest BCUT2D eigenvalue weighted by Gasteiger charge is -2.05. The van der Waals surface area contributed by atoms with Crippen LogP contribution in [0.2, 0.25) is 0 Å². The zero-order chi connectivity index (χ0) is 17.8. The number of carbonyl (C=O) groups excluding carboxylic acids is 1. The van der Waals surface area contributed by atoms with Gasteiger partial charge < -0.3 is 5.32 Å². The summed E-state index contributed by atoms with van der Waals surface area (Å²) in [6, 6.07) is 9.05. The molecule has 2 N–H and O–H groups in total. The van der Waals surface area contributed by atoms with E-state index in [9.17, 15) is 14.0 Å². The van der Waals surface area contributed by atoms with Gasteiger partial charge in [-0.1, -0.05) is 0 Å². The molecule has 2 amide bonds. The van der Waals surface area contributed by atoms with Crippen LogP contribution < -0.4 is 16.3 Å². The van der Waals surface area contributed by atoms with E-state index in [0.29, 0.717) is 11.4 Å². The highest BCUT2D eigenvalue weighted by Crippen LogP contribution is 2.15. The Bertz CT molecular complexity index is 915. The molecule has 0 atom stereocenters. The van der Waals surface area contributed by atoms with Gasteiger partial charge in [0.15, 0.2) is 5.82 Å².